The number of aryl methyl sites for hydroxylation is 1. The van der Waals surface area contributed by atoms with Gasteiger partial charge < -0.3 is 4.74 Å². The van der Waals surface area contributed by atoms with Crippen LogP contribution in [-0.4, -0.2) is 40.1 Å². The molecular formula is C15H14N2O6S. The van der Waals surface area contributed by atoms with Crippen LogP contribution in [0.2, 0.25) is 0 Å². The van der Waals surface area contributed by atoms with Crippen molar-refractivity contribution in [3.8, 4) is 0 Å². The molecule has 1 aromatic rings. The first-order valence-corrected chi connectivity index (χ1v) is 7.81. The van der Waals surface area contributed by atoms with Crippen LogP contribution in [0.3, 0.4) is 0 Å². The van der Waals surface area contributed by atoms with Crippen molar-refractivity contribution in [1.82, 2.24) is 4.90 Å². The summed E-state index contributed by atoms with van der Waals surface area (Å²) < 4.78 is 4.72. The molecule has 0 aromatic heterocycles. The van der Waals surface area contributed by atoms with Crippen molar-refractivity contribution in [2.75, 3.05) is 13.2 Å². The number of nitro groups is 1. The van der Waals surface area contributed by atoms with E-state index in [1.165, 1.54) is 12.1 Å². The van der Waals surface area contributed by atoms with Crippen LogP contribution in [0.25, 0.3) is 6.08 Å². The van der Waals surface area contributed by atoms with Gasteiger partial charge in [-0.15, -0.1) is 0 Å². The van der Waals surface area contributed by atoms with Crippen molar-refractivity contribution >= 4 is 40.6 Å². The zero-order chi connectivity index (χ0) is 17.9. The van der Waals surface area contributed by atoms with Gasteiger partial charge in [-0.2, -0.15) is 0 Å². The van der Waals surface area contributed by atoms with Gasteiger partial charge in [0.05, 0.1) is 16.4 Å². The highest BCUT2D eigenvalue weighted by Gasteiger charge is 2.36. The number of imide groups is 1. The molecule has 0 spiro atoms. The number of nitro benzene ring substituents is 1. The minimum atomic E-state index is -0.674. The molecule has 1 aliphatic rings. The monoisotopic (exact) mass is 350 g/mol. The van der Waals surface area contributed by atoms with E-state index in [1.807, 2.05) is 0 Å². The lowest BCUT2D eigenvalue weighted by Gasteiger charge is -2.10. The van der Waals surface area contributed by atoms with Gasteiger partial charge in [-0.05, 0) is 37.2 Å². The van der Waals surface area contributed by atoms with Crippen LogP contribution in [0.15, 0.2) is 23.1 Å². The Morgan fingerprint density at radius 2 is 2.12 bits per heavy atom. The van der Waals surface area contributed by atoms with E-state index in [1.54, 1.807) is 26.0 Å². The minimum Gasteiger partial charge on any atom is -0.465 e. The summed E-state index contributed by atoms with van der Waals surface area (Å²) in [6, 6.07) is 4.50. The molecule has 0 unspecified atom stereocenters. The minimum absolute atomic E-state index is 0.0745. The molecule has 0 saturated carbocycles. The van der Waals surface area contributed by atoms with E-state index in [4.69, 9.17) is 4.74 Å². The second-order valence-electron chi connectivity index (χ2n) is 4.88. The standard InChI is InChI=1S/C15H14N2O6S/c1-3-23-13(18)8-16-14(19)12(24-15(16)20)7-10-5-4-9(2)11(6-10)17(21)22/h4-7H,3,8H2,1-2H3/b12-7+. The number of benzene rings is 1. The van der Waals surface area contributed by atoms with Gasteiger partial charge in [-0.3, -0.25) is 29.4 Å². The summed E-state index contributed by atoms with van der Waals surface area (Å²) in [6.07, 6.45) is 1.39. The topological polar surface area (TPSA) is 107 Å². The van der Waals surface area contributed by atoms with Crippen LogP contribution in [0.1, 0.15) is 18.1 Å². The Kier molecular flexibility index (Phi) is 5.35. The van der Waals surface area contributed by atoms with Crippen molar-refractivity contribution in [2.45, 2.75) is 13.8 Å². The number of ether oxygens (including phenoxy) is 1. The normalized spacial score (nSPS) is 15.9. The zero-order valence-corrected chi connectivity index (χ0v) is 13.8. The van der Waals surface area contributed by atoms with Gasteiger partial charge >= 0.3 is 5.97 Å². The van der Waals surface area contributed by atoms with Crippen LogP contribution in [0.5, 0.6) is 0 Å². The second kappa shape index (κ2) is 7.26. The van der Waals surface area contributed by atoms with Gasteiger partial charge in [0.2, 0.25) is 0 Å². The van der Waals surface area contributed by atoms with E-state index in [0.29, 0.717) is 22.9 Å². The number of rotatable bonds is 5. The maximum atomic E-state index is 12.2. The van der Waals surface area contributed by atoms with Crippen LogP contribution in [0.4, 0.5) is 10.5 Å². The van der Waals surface area contributed by atoms with Crippen molar-refractivity contribution in [1.29, 1.82) is 0 Å². The second-order valence-corrected chi connectivity index (χ2v) is 5.87. The Labute approximate surface area is 141 Å². The number of thioether (sulfide) groups is 1. The smallest absolute Gasteiger partial charge is 0.326 e. The zero-order valence-electron chi connectivity index (χ0n) is 13.0. The number of hydrogen-bond acceptors (Lipinski definition) is 7. The average Bonchev–Trinajstić information content (AvgIpc) is 2.77. The van der Waals surface area contributed by atoms with E-state index in [-0.39, 0.29) is 17.2 Å². The van der Waals surface area contributed by atoms with Crippen molar-refractivity contribution in [2.24, 2.45) is 0 Å². The lowest BCUT2D eigenvalue weighted by Crippen LogP contribution is -2.34. The third kappa shape index (κ3) is 3.80. The lowest BCUT2D eigenvalue weighted by atomic mass is 10.1. The highest BCUT2D eigenvalue weighted by atomic mass is 32.2. The summed E-state index contributed by atoms with van der Waals surface area (Å²) >= 11 is 0.676. The molecule has 0 aliphatic carbocycles. The third-order valence-electron chi connectivity index (χ3n) is 3.19. The van der Waals surface area contributed by atoms with E-state index >= 15 is 0 Å². The van der Waals surface area contributed by atoms with E-state index in [0.717, 1.165) is 4.90 Å². The summed E-state index contributed by atoms with van der Waals surface area (Å²) in [4.78, 5) is 46.9. The molecular weight excluding hydrogens is 336 g/mol. The Morgan fingerprint density at radius 1 is 1.42 bits per heavy atom. The number of carbonyl (C=O) groups is 3. The van der Waals surface area contributed by atoms with Gasteiger partial charge in [0.1, 0.15) is 6.54 Å². The first-order valence-electron chi connectivity index (χ1n) is 6.99. The molecule has 1 saturated heterocycles. The van der Waals surface area contributed by atoms with Crippen LogP contribution < -0.4 is 0 Å². The first kappa shape index (κ1) is 17.7. The van der Waals surface area contributed by atoms with Crippen LogP contribution >= 0.6 is 11.8 Å². The SMILES string of the molecule is CCOC(=O)CN1C(=O)S/C(=C/c2ccc(C)c([N+](=O)[O-])c2)C1=O. The molecule has 0 radical (unpaired) electrons. The third-order valence-corrected chi connectivity index (χ3v) is 4.10. The van der Waals surface area contributed by atoms with Crippen LogP contribution in [0, 0.1) is 17.0 Å². The summed E-state index contributed by atoms with van der Waals surface area (Å²) in [6.45, 7) is 2.92. The van der Waals surface area contributed by atoms with E-state index in [9.17, 15) is 24.5 Å². The van der Waals surface area contributed by atoms with Crippen molar-refractivity contribution in [3.63, 3.8) is 0 Å². The summed E-state index contributed by atoms with van der Waals surface area (Å²) in [5.41, 5.74) is 0.844. The maximum Gasteiger partial charge on any atom is 0.326 e. The lowest BCUT2D eigenvalue weighted by molar-refractivity contribution is -0.385. The molecule has 0 bridgehead atoms. The molecule has 126 valence electrons. The quantitative estimate of drug-likeness (QED) is 0.347. The van der Waals surface area contributed by atoms with Gasteiger partial charge in [0.25, 0.3) is 16.8 Å². The number of hydrogen-bond donors (Lipinski definition) is 0. The molecule has 2 amide bonds. The largest absolute Gasteiger partial charge is 0.465 e. The molecule has 0 atom stereocenters. The molecule has 1 heterocycles. The first-order chi connectivity index (χ1) is 11.3. The fourth-order valence-corrected chi connectivity index (χ4v) is 2.87. The fraction of sp³-hybridized carbons (Fsp3) is 0.267. The summed E-state index contributed by atoms with van der Waals surface area (Å²) in [5.74, 6) is -1.30. The molecule has 1 aromatic carbocycles. The highest BCUT2D eigenvalue weighted by molar-refractivity contribution is 8.18. The molecule has 1 aliphatic heterocycles. The Bertz CT molecular complexity index is 758. The van der Waals surface area contributed by atoms with Crippen molar-refractivity contribution in [3.05, 3.63) is 44.3 Å². The molecule has 1 fully saturated rings. The van der Waals surface area contributed by atoms with Gasteiger partial charge in [-0.25, -0.2) is 0 Å². The van der Waals surface area contributed by atoms with E-state index < -0.39 is 28.6 Å². The molecule has 0 N–H and O–H groups in total. The highest BCUT2D eigenvalue weighted by Crippen LogP contribution is 2.32. The average molecular weight is 350 g/mol. The summed E-state index contributed by atoms with van der Waals surface area (Å²) in [5, 5.41) is 10.4. The molecule has 8 nitrogen and oxygen atoms in total. The number of carbonyl (C=O) groups excluding carboxylic acids is 3. The predicted octanol–water partition coefficient (Wildman–Crippen LogP) is 2.50. The predicted molar refractivity (Wildman–Crippen MR) is 87.1 cm³/mol. The molecule has 2 rings (SSSR count). The maximum absolute atomic E-state index is 12.2. The Hall–Kier alpha value is -2.68. The molecule has 9 heteroatoms. The number of esters is 1. The number of nitrogens with zero attached hydrogens (tertiary/aromatic N) is 2. The fourth-order valence-electron chi connectivity index (χ4n) is 2.04. The summed E-state index contributed by atoms with van der Waals surface area (Å²) in [7, 11) is 0. The van der Waals surface area contributed by atoms with Gasteiger partial charge in [-0.1, -0.05) is 12.1 Å². The van der Waals surface area contributed by atoms with Crippen molar-refractivity contribution < 1.29 is 24.0 Å². The Morgan fingerprint density at radius 3 is 2.75 bits per heavy atom. The number of amides is 2. The molecule has 24 heavy (non-hydrogen) atoms. The van der Waals surface area contributed by atoms with Gasteiger partial charge in [0, 0.05) is 11.6 Å². The van der Waals surface area contributed by atoms with E-state index in [2.05, 4.69) is 0 Å². The van der Waals surface area contributed by atoms with Gasteiger partial charge in [0.15, 0.2) is 0 Å². The Balaban J connectivity index is 2.24. The van der Waals surface area contributed by atoms with Crippen LogP contribution in [-0.2, 0) is 14.3 Å².